The smallest absolute Gasteiger partial charge is 0.217 e. The van der Waals surface area contributed by atoms with Gasteiger partial charge in [0.15, 0.2) is 11.4 Å². The van der Waals surface area contributed by atoms with Crippen LogP contribution in [0.1, 0.15) is 48.6 Å². The number of benzene rings is 2. The van der Waals surface area contributed by atoms with E-state index in [0.717, 1.165) is 13.1 Å². The highest BCUT2D eigenvalue weighted by Crippen LogP contribution is 2.45. The molecule has 0 N–H and O–H groups in total. The number of aryl methyl sites for hydroxylation is 1. The highest BCUT2D eigenvalue weighted by Gasteiger charge is 2.42. The van der Waals surface area contributed by atoms with Gasteiger partial charge in [0.25, 0.3) is 0 Å². The van der Waals surface area contributed by atoms with E-state index in [1.807, 2.05) is 11.3 Å². The fourth-order valence-electron chi connectivity index (χ4n) is 5.21. The molecule has 4 heterocycles. The zero-order chi connectivity index (χ0) is 20.1. The van der Waals surface area contributed by atoms with E-state index < -0.39 is 0 Å². The van der Waals surface area contributed by atoms with Gasteiger partial charge in [0.1, 0.15) is 18.0 Å². The molecule has 2 aliphatic heterocycles. The van der Waals surface area contributed by atoms with Crippen LogP contribution in [0.5, 0.6) is 0 Å². The van der Waals surface area contributed by atoms with Crippen molar-refractivity contribution in [2.24, 2.45) is 0 Å². The van der Waals surface area contributed by atoms with E-state index in [9.17, 15) is 0 Å². The Balaban J connectivity index is 1.47. The third-order valence-corrected chi connectivity index (χ3v) is 7.78. The molecule has 0 aliphatic carbocycles. The Morgan fingerprint density at radius 2 is 1.67 bits per heavy atom. The quantitative estimate of drug-likeness (QED) is 0.213. The Morgan fingerprint density at radius 3 is 2.53 bits per heavy atom. The maximum atomic E-state index is 2.57. The minimum Gasteiger partial charge on any atom is -0.217 e. The van der Waals surface area contributed by atoms with Crippen LogP contribution in [0, 0.1) is 0 Å². The molecule has 4 aromatic rings. The topological polar surface area (TPSA) is 8.81 Å². The van der Waals surface area contributed by atoms with E-state index in [1.54, 1.807) is 0 Å². The van der Waals surface area contributed by atoms with Crippen LogP contribution < -0.4 is 4.57 Å². The molecule has 2 aromatic heterocycles. The van der Waals surface area contributed by atoms with E-state index in [0.29, 0.717) is 0 Å². The molecule has 6 rings (SSSR count). The second-order valence-electron chi connectivity index (χ2n) is 8.58. The summed E-state index contributed by atoms with van der Waals surface area (Å²) in [6.45, 7) is 4.24. The van der Waals surface area contributed by atoms with Gasteiger partial charge in [-0.3, -0.25) is 0 Å². The molecule has 2 aromatic carbocycles. The third-order valence-electron chi connectivity index (χ3n) is 6.64. The van der Waals surface area contributed by atoms with Gasteiger partial charge in [-0.15, -0.1) is 11.3 Å². The second kappa shape index (κ2) is 7.24. The highest BCUT2D eigenvalue weighted by atomic mass is 32.1. The van der Waals surface area contributed by atoms with E-state index in [1.165, 1.54) is 81.3 Å². The molecular formula is C27H27N2S+. The van der Waals surface area contributed by atoms with E-state index in [4.69, 9.17) is 0 Å². The summed E-state index contributed by atoms with van der Waals surface area (Å²) in [6.07, 6.45) is 6.52. The Labute approximate surface area is 182 Å². The normalized spacial score (nSPS) is 13.2. The number of rotatable bonds is 6. The van der Waals surface area contributed by atoms with E-state index in [-0.39, 0.29) is 0 Å². The summed E-state index contributed by atoms with van der Waals surface area (Å²) in [7, 11) is 0. The number of hydrogen-bond acceptors (Lipinski definition) is 1. The average Bonchev–Trinajstić information content (AvgIpc) is 3.51. The number of thiophene rings is 1. The Hall–Kier alpha value is -2.65. The maximum absolute atomic E-state index is 2.57. The van der Waals surface area contributed by atoms with Crippen LogP contribution >= 0.6 is 11.3 Å². The van der Waals surface area contributed by atoms with Crippen LogP contribution in [0.25, 0.3) is 33.2 Å². The van der Waals surface area contributed by atoms with Crippen LogP contribution in [-0.4, -0.2) is 4.57 Å². The summed E-state index contributed by atoms with van der Waals surface area (Å²) in [5.41, 5.74) is 8.50. The molecule has 30 heavy (non-hydrogen) atoms. The zero-order valence-corrected chi connectivity index (χ0v) is 18.3. The third kappa shape index (κ3) is 2.72. The summed E-state index contributed by atoms with van der Waals surface area (Å²) in [5.74, 6) is 1.39. The average molecular weight is 412 g/mol. The molecule has 2 aliphatic rings. The fraction of sp³-hybridized carbons (Fsp3) is 0.296. The number of fused-ring (bicyclic) bond motifs is 7. The van der Waals surface area contributed by atoms with Crippen LogP contribution in [0.4, 0.5) is 0 Å². The molecule has 3 heteroatoms. The number of unbranched alkanes of at least 4 members (excludes halogenated alkanes) is 3. The molecule has 0 saturated carbocycles. The molecule has 0 fully saturated rings. The van der Waals surface area contributed by atoms with Gasteiger partial charge in [0.05, 0.1) is 0 Å². The van der Waals surface area contributed by atoms with Crippen molar-refractivity contribution in [3.8, 4) is 33.2 Å². The molecule has 0 atom stereocenters. The molecule has 0 saturated heterocycles. The molecular weight excluding hydrogens is 384 g/mol. The predicted octanol–water partition coefficient (Wildman–Crippen LogP) is 6.68. The number of hydrogen-bond donors (Lipinski definition) is 0. The molecule has 0 amide bonds. The van der Waals surface area contributed by atoms with Gasteiger partial charge < -0.3 is 0 Å². The van der Waals surface area contributed by atoms with Crippen LogP contribution in [-0.2, 0) is 19.5 Å². The fourth-order valence-corrected chi connectivity index (χ4v) is 6.32. The molecule has 0 spiro atoms. The summed E-state index contributed by atoms with van der Waals surface area (Å²) in [4.78, 5) is 2.94. The van der Waals surface area contributed by atoms with Crippen molar-refractivity contribution in [3.05, 3.63) is 76.7 Å². The summed E-state index contributed by atoms with van der Waals surface area (Å²) in [5, 5.41) is 0. The van der Waals surface area contributed by atoms with Crippen molar-refractivity contribution >= 4 is 11.3 Å². The first-order valence-corrected chi connectivity index (χ1v) is 12.1. The van der Waals surface area contributed by atoms with Crippen LogP contribution in [0.15, 0.2) is 60.7 Å². The van der Waals surface area contributed by atoms with Crippen molar-refractivity contribution in [2.75, 3.05) is 0 Å². The summed E-state index contributed by atoms with van der Waals surface area (Å²) < 4.78 is 5.14. The van der Waals surface area contributed by atoms with Crippen molar-refractivity contribution in [1.82, 2.24) is 4.57 Å². The lowest BCUT2D eigenvalue weighted by Crippen LogP contribution is -2.34. The van der Waals surface area contributed by atoms with Gasteiger partial charge in [-0.2, -0.15) is 0 Å². The molecule has 0 radical (unpaired) electrons. The first-order valence-electron chi connectivity index (χ1n) is 11.3. The van der Waals surface area contributed by atoms with Gasteiger partial charge in [0.2, 0.25) is 0 Å². The lowest BCUT2D eigenvalue weighted by molar-refractivity contribution is -0.660. The number of imidazole rings is 1. The van der Waals surface area contributed by atoms with Crippen molar-refractivity contribution in [3.63, 3.8) is 0 Å². The van der Waals surface area contributed by atoms with Crippen molar-refractivity contribution < 1.29 is 4.57 Å². The molecule has 0 unspecified atom stereocenters. The monoisotopic (exact) mass is 411 g/mol. The van der Waals surface area contributed by atoms with Gasteiger partial charge in [0, 0.05) is 27.1 Å². The number of nitrogens with zero attached hydrogens (tertiary/aromatic N) is 2. The van der Waals surface area contributed by atoms with E-state index >= 15 is 0 Å². The first-order chi connectivity index (χ1) is 14.8. The molecule has 150 valence electrons. The van der Waals surface area contributed by atoms with Crippen molar-refractivity contribution in [1.29, 1.82) is 0 Å². The Morgan fingerprint density at radius 1 is 0.867 bits per heavy atom. The number of aromatic nitrogens is 2. The lowest BCUT2D eigenvalue weighted by atomic mass is 10.0. The van der Waals surface area contributed by atoms with E-state index in [2.05, 4.69) is 76.7 Å². The summed E-state index contributed by atoms with van der Waals surface area (Å²) >= 11 is 2.00. The van der Waals surface area contributed by atoms with Crippen molar-refractivity contribution in [2.45, 2.75) is 52.1 Å². The van der Waals surface area contributed by atoms with Gasteiger partial charge in [-0.1, -0.05) is 74.7 Å². The molecule has 2 nitrogen and oxygen atoms in total. The van der Waals surface area contributed by atoms with Gasteiger partial charge in [-0.05, 0) is 25.0 Å². The minimum absolute atomic E-state index is 0.979. The first kappa shape index (κ1) is 18.1. The predicted molar refractivity (Wildman–Crippen MR) is 125 cm³/mol. The van der Waals surface area contributed by atoms with Gasteiger partial charge >= 0.3 is 5.82 Å². The lowest BCUT2D eigenvalue weighted by Gasteiger charge is -2.01. The Kier molecular flexibility index (Phi) is 4.38. The summed E-state index contributed by atoms with van der Waals surface area (Å²) in [6, 6.07) is 22.6. The SMILES string of the molecule is CCCCCCc1ccc(-c2n3c(c4[n+]2Cc2ccccc2-4)-c2ccccc2C3)s1. The molecule has 0 bridgehead atoms. The van der Waals surface area contributed by atoms with Crippen LogP contribution in [0.2, 0.25) is 0 Å². The van der Waals surface area contributed by atoms with Gasteiger partial charge in [-0.25, -0.2) is 9.13 Å². The second-order valence-corrected chi connectivity index (χ2v) is 9.75. The van der Waals surface area contributed by atoms with Crippen LogP contribution in [0.3, 0.4) is 0 Å². The maximum Gasteiger partial charge on any atom is 0.300 e. The zero-order valence-electron chi connectivity index (χ0n) is 17.5. The minimum atomic E-state index is 0.979. The highest BCUT2D eigenvalue weighted by molar-refractivity contribution is 7.15. The standard InChI is InChI=1S/C27H27N2S/c1-2-3-4-5-12-21-15-16-24(30-21)27-28-17-19-10-6-8-13-22(19)25(28)26-23-14-9-7-11-20(23)18-29(26)27/h6-11,13-16H,2-5,12,17-18H2,1H3/q+1. The largest absolute Gasteiger partial charge is 0.300 e. The Bertz CT molecular complexity index is 1170.